The first-order valence-electron chi connectivity index (χ1n) is 6.80. The van der Waals surface area contributed by atoms with Crippen molar-refractivity contribution < 1.29 is 9.53 Å². The fourth-order valence-corrected chi connectivity index (χ4v) is 2.19. The van der Waals surface area contributed by atoms with E-state index < -0.39 is 0 Å². The van der Waals surface area contributed by atoms with Crippen LogP contribution in [0, 0.1) is 11.3 Å². The molecule has 1 aromatic rings. The van der Waals surface area contributed by atoms with Crippen LogP contribution < -0.4 is 9.64 Å². The average molecular weight is 273 g/mol. The number of carbonyl (C=O) groups excluding carboxylic acids is 1. The number of para-hydroxylation sites is 2. The predicted molar refractivity (Wildman–Crippen MR) is 76.6 cm³/mol. The van der Waals surface area contributed by atoms with Gasteiger partial charge in [0.25, 0.3) is 0 Å². The van der Waals surface area contributed by atoms with Crippen molar-refractivity contribution in [3.8, 4) is 11.8 Å². The number of hydrogen-bond acceptors (Lipinski definition) is 4. The Morgan fingerprint density at radius 2 is 2.30 bits per heavy atom. The van der Waals surface area contributed by atoms with Crippen LogP contribution in [0.1, 0.15) is 12.8 Å². The maximum absolute atomic E-state index is 12.2. The van der Waals surface area contributed by atoms with Gasteiger partial charge < -0.3 is 14.5 Å². The number of anilines is 1. The van der Waals surface area contributed by atoms with Crippen molar-refractivity contribution >= 4 is 11.6 Å². The van der Waals surface area contributed by atoms with E-state index in [4.69, 9.17) is 10.00 Å². The van der Waals surface area contributed by atoms with Gasteiger partial charge >= 0.3 is 0 Å². The second-order valence-electron chi connectivity index (χ2n) is 4.81. The molecule has 0 aliphatic carbocycles. The van der Waals surface area contributed by atoms with E-state index in [0.29, 0.717) is 26.1 Å². The summed E-state index contributed by atoms with van der Waals surface area (Å²) in [5, 5.41) is 8.57. The number of fused-ring (bicyclic) bond motifs is 1. The summed E-state index contributed by atoms with van der Waals surface area (Å²) < 4.78 is 5.68. The number of rotatable bonds is 4. The molecule has 0 radical (unpaired) electrons. The lowest BCUT2D eigenvalue weighted by atomic mass is 10.2. The van der Waals surface area contributed by atoms with Crippen molar-refractivity contribution in [1.29, 1.82) is 5.26 Å². The molecule has 0 unspecified atom stereocenters. The van der Waals surface area contributed by atoms with Crippen molar-refractivity contribution in [3.05, 3.63) is 24.3 Å². The Hall–Kier alpha value is -2.22. The maximum atomic E-state index is 12.2. The van der Waals surface area contributed by atoms with Gasteiger partial charge in [-0.2, -0.15) is 5.26 Å². The first-order valence-corrected chi connectivity index (χ1v) is 6.80. The molecule has 20 heavy (non-hydrogen) atoms. The van der Waals surface area contributed by atoms with Crippen LogP contribution in [0.15, 0.2) is 24.3 Å². The number of nitriles is 1. The Balaban J connectivity index is 2.05. The highest BCUT2D eigenvalue weighted by atomic mass is 16.5. The smallest absolute Gasteiger partial charge is 0.241 e. The van der Waals surface area contributed by atoms with Gasteiger partial charge in [-0.25, -0.2) is 0 Å². The summed E-state index contributed by atoms with van der Waals surface area (Å²) >= 11 is 0. The number of ether oxygens (including phenoxy) is 1. The van der Waals surface area contributed by atoms with Crippen molar-refractivity contribution in [2.45, 2.75) is 12.8 Å². The van der Waals surface area contributed by atoms with Gasteiger partial charge in [-0.3, -0.25) is 4.79 Å². The molecule has 5 nitrogen and oxygen atoms in total. The Morgan fingerprint density at radius 1 is 1.50 bits per heavy atom. The van der Waals surface area contributed by atoms with Crippen LogP contribution in [-0.2, 0) is 4.79 Å². The largest absolute Gasteiger partial charge is 0.491 e. The predicted octanol–water partition coefficient (Wildman–Crippen LogP) is 1.65. The molecule has 0 saturated carbocycles. The summed E-state index contributed by atoms with van der Waals surface area (Å²) in [4.78, 5) is 15.8. The molecule has 0 aromatic heterocycles. The van der Waals surface area contributed by atoms with Crippen LogP contribution in [0.3, 0.4) is 0 Å². The normalized spacial score (nSPS) is 13.7. The van der Waals surface area contributed by atoms with E-state index in [0.717, 1.165) is 24.4 Å². The number of carbonyl (C=O) groups is 1. The molecule has 0 saturated heterocycles. The van der Waals surface area contributed by atoms with Crippen molar-refractivity contribution in [2.75, 3.05) is 38.2 Å². The molecule has 2 rings (SSSR count). The second kappa shape index (κ2) is 6.80. The lowest BCUT2D eigenvalue weighted by molar-refractivity contribution is -0.128. The van der Waals surface area contributed by atoms with E-state index in [1.807, 2.05) is 29.2 Å². The standard InChI is InChI=1S/C15H19N3O2/c1-17(9-4-8-16)15(19)12-18-10-5-11-20-14-7-3-2-6-13(14)18/h2-3,6-7H,4-5,9-12H2,1H3. The summed E-state index contributed by atoms with van der Waals surface area (Å²) in [6.07, 6.45) is 1.26. The van der Waals surface area contributed by atoms with Crippen molar-refractivity contribution in [2.24, 2.45) is 0 Å². The third-order valence-electron chi connectivity index (χ3n) is 3.35. The maximum Gasteiger partial charge on any atom is 0.241 e. The fraction of sp³-hybridized carbons (Fsp3) is 0.467. The molecule has 5 heteroatoms. The van der Waals surface area contributed by atoms with E-state index in [1.165, 1.54) is 0 Å². The number of hydrogen-bond donors (Lipinski definition) is 0. The van der Waals surface area contributed by atoms with Gasteiger partial charge in [-0.15, -0.1) is 0 Å². The van der Waals surface area contributed by atoms with Gasteiger partial charge in [0.2, 0.25) is 5.91 Å². The van der Waals surface area contributed by atoms with Gasteiger partial charge in [0.05, 0.1) is 31.3 Å². The van der Waals surface area contributed by atoms with E-state index in [2.05, 4.69) is 6.07 Å². The van der Waals surface area contributed by atoms with Crippen LogP contribution in [0.25, 0.3) is 0 Å². The molecule has 0 fully saturated rings. The summed E-state index contributed by atoms with van der Waals surface area (Å²) in [5.41, 5.74) is 0.965. The van der Waals surface area contributed by atoms with Gasteiger partial charge in [0.15, 0.2) is 0 Å². The van der Waals surface area contributed by atoms with E-state index in [9.17, 15) is 4.79 Å². The van der Waals surface area contributed by atoms with E-state index in [1.54, 1.807) is 11.9 Å². The fourth-order valence-electron chi connectivity index (χ4n) is 2.19. The Morgan fingerprint density at radius 3 is 3.10 bits per heavy atom. The number of benzene rings is 1. The molecule has 1 amide bonds. The second-order valence-corrected chi connectivity index (χ2v) is 4.81. The molecular formula is C15H19N3O2. The van der Waals surface area contributed by atoms with Crippen LogP contribution in [-0.4, -0.2) is 44.1 Å². The Labute approximate surface area is 119 Å². The van der Waals surface area contributed by atoms with Gasteiger partial charge in [-0.05, 0) is 18.6 Å². The van der Waals surface area contributed by atoms with Gasteiger partial charge in [-0.1, -0.05) is 12.1 Å². The van der Waals surface area contributed by atoms with Crippen LogP contribution in [0.5, 0.6) is 5.75 Å². The van der Waals surface area contributed by atoms with E-state index >= 15 is 0 Å². The Bertz CT molecular complexity index is 510. The molecule has 0 bridgehead atoms. The minimum absolute atomic E-state index is 0.0250. The zero-order chi connectivity index (χ0) is 14.4. The van der Waals surface area contributed by atoms with E-state index in [-0.39, 0.29) is 5.91 Å². The topological polar surface area (TPSA) is 56.6 Å². The monoisotopic (exact) mass is 273 g/mol. The first-order chi connectivity index (χ1) is 9.72. The van der Waals surface area contributed by atoms with Gasteiger partial charge in [0.1, 0.15) is 5.75 Å². The zero-order valence-electron chi connectivity index (χ0n) is 11.7. The van der Waals surface area contributed by atoms with Crippen LogP contribution >= 0.6 is 0 Å². The number of nitrogens with zero attached hydrogens (tertiary/aromatic N) is 3. The molecule has 0 atom stereocenters. The zero-order valence-corrected chi connectivity index (χ0v) is 11.7. The molecule has 1 aliphatic rings. The van der Waals surface area contributed by atoms with Crippen LogP contribution in [0.2, 0.25) is 0 Å². The van der Waals surface area contributed by atoms with Gasteiger partial charge in [0, 0.05) is 20.1 Å². The highest BCUT2D eigenvalue weighted by Crippen LogP contribution is 2.30. The Kier molecular flexibility index (Phi) is 4.83. The lowest BCUT2D eigenvalue weighted by Gasteiger charge is -2.25. The summed E-state index contributed by atoms with van der Waals surface area (Å²) in [6.45, 7) is 2.27. The number of amides is 1. The van der Waals surface area contributed by atoms with Crippen LogP contribution in [0.4, 0.5) is 5.69 Å². The molecule has 1 aromatic carbocycles. The molecule has 0 spiro atoms. The van der Waals surface area contributed by atoms with Crippen molar-refractivity contribution in [3.63, 3.8) is 0 Å². The molecular weight excluding hydrogens is 254 g/mol. The third kappa shape index (κ3) is 3.41. The third-order valence-corrected chi connectivity index (χ3v) is 3.35. The average Bonchev–Trinajstić information content (AvgIpc) is 2.67. The first kappa shape index (κ1) is 14.2. The number of likely N-dealkylation sites (N-methyl/N-ethyl adjacent to an activating group) is 1. The minimum Gasteiger partial charge on any atom is -0.491 e. The summed E-state index contributed by atoms with van der Waals surface area (Å²) in [7, 11) is 1.74. The quantitative estimate of drug-likeness (QED) is 0.837. The summed E-state index contributed by atoms with van der Waals surface area (Å²) in [6, 6.07) is 9.84. The highest BCUT2D eigenvalue weighted by molar-refractivity contribution is 5.82. The SMILES string of the molecule is CN(CCC#N)C(=O)CN1CCCOc2ccccc21. The molecule has 1 aliphatic heterocycles. The molecule has 106 valence electrons. The highest BCUT2D eigenvalue weighted by Gasteiger charge is 2.19. The summed E-state index contributed by atoms with van der Waals surface area (Å²) in [5.74, 6) is 0.856. The molecule has 1 heterocycles. The van der Waals surface area contributed by atoms with Crippen molar-refractivity contribution in [1.82, 2.24) is 4.90 Å². The lowest BCUT2D eigenvalue weighted by Crippen LogP contribution is -2.39. The molecule has 0 N–H and O–H groups in total. The minimum atomic E-state index is 0.0250.